The molecule has 1 unspecified atom stereocenters. The van der Waals surface area contributed by atoms with Gasteiger partial charge in [0.05, 0.1) is 0 Å². The maximum Gasteiger partial charge on any atom is 0.259 e. The molecule has 1 saturated carbocycles. The number of H-pyrrole nitrogens is 1. The number of fused-ring (bicyclic) bond motifs is 1. The molecule has 1 amide bonds. The number of hydrogen-bond acceptors (Lipinski definition) is 2. The Morgan fingerprint density at radius 3 is 3.08 bits per heavy atom. The van der Waals surface area contributed by atoms with E-state index in [1.165, 1.54) is 10.9 Å². The van der Waals surface area contributed by atoms with Gasteiger partial charge in [0.25, 0.3) is 5.91 Å². The number of hydrogen-bond donors (Lipinski definition) is 2. The van der Waals surface area contributed by atoms with E-state index in [0.29, 0.717) is 25.4 Å². The molecule has 2 fully saturated rings. The van der Waals surface area contributed by atoms with Crippen molar-refractivity contribution in [1.82, 2.24) is 15.2 Å². The van der Waals surface area contributed by atoms with Gasteiger partial charge in [0.1, 0.15) is 0 Å². The number of nitrogens with one attached hydrogen (secondary N) is 2. The van der Waals surface area contributed by atoms with Crippen molar-refractivity contribution in [3.8, 4) is 0 Å². The molecule has 0 bridgehead atoms. The summed E-state index contributed by atoms with van der Waals surface area (Å²) < 4.78 is 15.2. The number of carbonyl (C=O) groups is 1. The van der Waals surface area contributed by atoms with Gasteiger partial charge in [0.2, 0.25) is 5.67 Å². The Balaban J connectivity index is 1.44. The standard InChI is InChI=1S/C19H24FN3O/c20-19(18(24)22-11-14-5-6-14)8-2-10-23(13-19)12-15-3-1-4-17-16(15)7-9-21-17/h1,3-4,7,9,14,21H,2,5-6,8,10-13H2,(H,22,24). The van der Waals surface area contributed by atoms with E-state index in [4.69, 9.17) is 0 Å². The Kier molecular flexibility index (Phi) is 4.04. The zero-order chi connectivity index (χ0) is 16.6. The normalized spacial score (nSPS) is 25.0. The third-order valence-corrected chi connectivity index (χ3v) is 5.26. The number of halogens is 1. The summed E-state index contributed by atoms with van der Waals surface area (Å²) in [5.41, 5.74) is 0.522. The number of piperidine rings is 1. The van der Waals surface area contributed by atoms with Crippen molar-refractivity contribution >= 4 is 16.8 Å². The lowest BCUT2D eigenvalue weighted by Crippen LogP contribution is -2.54. The molecule has 4 nitrogen and oxygen atoms in total. The maximum absolute atomic E-state index is 15.2. The van der Waals surface area contributed by atoms with Gasteiger partial charge in [0, 0.05) is 36.7 Å². The number of aromatic nitrogens is 1. The molecule has 1 aromatic carbocycles. The molecule has 4 rings (SSSR count). The first-order chi connectivity index (χ1) is 11.6. The minimum atomic E-state index is -1.75. The summed E-state index contributed by atoms with van der Waals surface area (Å²) in [5, 5.41) is 3.99. The number of likely N-dealkylation sites (tertiary alicyclic amines) is 1. The molecule has 1 aliphatic carbocycles. The van der Waals surface area contributed by atoms with Crippen molar-refractivity contribution in [3.63, 3.8) is 0 Å². The predicted octanol–water partition coefficient (Wildman–Crippen LogP) is 3.00. The highest BCUT2D eigenvalue weighted by atomic mass is 19.1. The van der Waals surface area contributed by atoms with Crippen molar-refractivity contribution in [2.45, 2.75) is 37.9 Å². The van der Waals surface area contributed by atoms with Crippen LogP contribution in [0.15, 0.2) is 30.5 Å². The third-order valence-electron chi connectivity index (χ3n) is 5.26. The van der Waals surface area contributed by atoms with E-state index in [2.05, 4.69) is 27.3 Å². The second-order valence-electron chi connectivity index (χ2n) is 7.29. The third kappa shape index (κ3) is 3.18. The highest BCUT2D eigenvalue weighted by Crippen LogP contribution is 2.30. The summed E-state index contributed by atoms with van der Waals surface area (Å²) >= 11 is 0. The Bertz CT molecular complexity index is 739. The van der Waals surface area contributed by atoms with Crippen LogP contribution in [0.4, 0.5) is 4.39 Å². The van der Waals surface area contributed by atoms with Crippen LogP contribution in [0, 0.1) is 5.92 Å². The fourth-order valence-electron chi connectivity index (χ4n) is 3.66. The average Bonchev–Trinajstić information content (AvgIpc) is 3.27. The van der Waals surface area contributed by atoms with Gasteiger partial charge in [-0.2, -0.15) is 0 Å². The molecule has 1 aliphatic heterocycles. The highest BCUT2D eigenvalue weighted by molar-refractivity contribution is 5.85. The molecule has 1 saturated heterocycles. The van der Waals surface area contributed by atoms with Crippen LogP contribution in [0.5, 0.6) is 0 Å². The molecule has 1 aromatic heterocycles. The van der Waals surface area contributed by atoms with Crippen LogP contribution >= 0.6 is 0 Å². The van der Waals surface area contributed by atoms with Gasteiger partial charge in [-0.1, -0.05) is 12.1 Å². The van der Waals surface area contributed by atoms with E-state index in [-0.39, 0.29) is 6.54 Å². The number of carbonyl (C=O) groups excluding carboxylic acids is 1. The molecule has 2 aliphatic rings. The van der Waals surface area contributed by atoms with Crippen molar-refractivity contribution < 1.29 is 9.18 Å². The van der Waals surface area contributed by atoms with E-state index in [1.54, 1.807) is 0 Å². The lowest BCUT2D eigenvalue weighted by Gasteiger charge is -2.36. The number of alkyl halides is 1. The van der Waals surface area contributed by atoms with Gasteiger partial charge >= 0.3 is 0 Å². The summed E-state index contributed by atoms with van der Waals surface area (Å²) in [4.78, 5) is 17.6. The Hall–Kier alpha value is -1.88. The van der Waals surface area contributed by atoms with E-state index >= 15 is 4.39 Å². The number of benzene rings is 1. The number of rotatable bonds is 5. The lowest BCUT2D eigenvalue weighted by atomic mass is 9.93. The summed E-state index contributed by atoms with van der Waals surface area (Å²) in [6.07, 6.45) is 5.29. The van der Waals surface area contributed by atoms with E-state index in [0.717, 1.165) is 31.3 Å². The van der Waals surface area contributed by atoms with Crippen LogP contribution in [-0.2, 0) is 11.3 Å². The quantitative estimate of drug-likeness (QED) is 0.886. The zero-order valence-corrected chi connectivity index (χ0v) is 13.9. The molecule has 5 heteroatoms. The van der Waals surface area contributed by atoms with Gasteiger partial charge in [-0.05, 0) is 55.8 Å². The first kappa shape index (κ1) is 15.6. The highest BCUT2D eigenvalue weighted by Gasteiger charge is 2.42. The fraction of sp³-hybridized carbons (Fsp3) is 0.526. The lowest BCUT2D eigenvalue weighted by molar-refractivity contribution is -0.136. The minimum Gasteiger partial charge on any atom is -0.361 e. The van der Waals surface area contributed by atoms with E-state index in [9.17, 15) is 4.79 Å². The fourth-order valence-corrected chi connectivity index (χ4v) is 3.66. The average molecular weight is 329 g/mol. The molecule has 24 heavy (non-hydrogen) atoms. The molecular formula is C19H24FN3O. The van der Waals surface area contributed by atoms with Crippen LogP contribution in [0.25, 0.3) is 10.9 Å². The van der Waals surface area contributed by atoms with Crippen molar-refractivity contribution in [2.75, 3.05) is 19.6 Å². The number of aromatic amines is 1. The summed E-state index contributed by atoms with van der Waals surface area (Å²) in [6, 6.07) is 8.19. The molecule has 0 spiro atoms. The smallest absolute Gasteiger partial charge is 0.259 e. The van der Waals surface area contributed by atoms with Gasteiger partial charge in [-0.15, -0.1) is 0 Å². The largest absolute Gasteiger partial charge is 0.361 e. The van der Waals surface area contributed by atoms with Gasteiger partial charge in [-0.3, -0.25) is 9.69 Å². The van der Waals surface area contributed by atoms with Crippen molar-refractivity contribution in [1.29, 1.82) is 0 Å². The Morgan fingerprint density at radius 2 is 2.25 bits per heavy atom. The summed E-state index contributed by atoms with van der Waals surface area (Å²) in [7, 11) is 0. The second-order valence-corrected chi connectivity index (χ2v) is 7.29. The van der Waals surface area contributed by atoms with Gasteiger partial charge < -0.3 is 10.3 Å². The molecule has 1 atom stereocenters. The maximum atomic E-state index is 15.2. The molecule has 2 N–H and O–H groups in total. The van der Waals surface area contributed by atoms with Crippen molar-refractivity contribution in [2.24, 2.45) is 5.92 Å². The molecule has 2 heterocycles. The van der Waals surface area contributed by atoms with Crippen LogP contribution in [0.3, 0.4) is 0 Å². The number of nitrogens with zero attached hydrogens (tertiary/aromatic N) is 1. The van der Waals surface area contributed by atoms with Crippen LogP contribution in [0.2, 0.25) is 0 Å². The molecule has 128 valence electrons. The summed E-state index contributed by atoms with van der Waals surface area (Å²) in [5.74, 6) is 0.155. The van der Waals surface area contributed by atoms with E-state index in [1.807, 2.05) is 18.3 Å². The molecule has 2 aromatic rings. The van der Waals surface area contributed by atoms with Crippen LogP contribution in [0.1, 0.15) is 31.2 Å². The molecule has 0 radical (unpaired) electrons. The number of amides is 1. The zero-order valence-electron chi connectivity index (χ0n) is 13.9. The van der Waals surface area contributed by atoms with Crippen LogP contribution in [-0.4, -0.2) is 41.1 Å². The topological polar surface area (TPSA) is 48.1 Å². The van der Waals surface area contributed by atoms with Gasteiger partial charge in [0.15, 0.2) is 0 Å². The second kappa shape index (κ2) is 6.20. The minimum absolute atomic E-state index is 0.185. The first-order valence-corrected chi connectivity index (χ1v) is 8.89. The first-order valence-electron chi connectivity index (χ1n) is 8.89. The molecular weight excluding hydrogens is 305 g/mol. The Labute approximate surface area is 141 Å². The predicted molar refractivity (Wildman–Crippen MR) is 92.4 cm³/mol. The Morgan fingerprint density at radius 1 is 1.38 bits per heavy atom. The van der Waals surface area contributed by atoms with Crippen molar-refractivity contribution in [3.05, 3.63) is 36.0 Å². The van der Waals surface area contributed by atoms with E-state index < -0.39 is 11.6 Å². The van der Waals surface area contributed by atoms with Crippen LogP contribution < -0.4 is 5.32 Å². The summed E-state index contributed by atoms with van der Waals surface area (Å²) in [6.45, 7) is 2.33. The van der Waals surface area contributed by atoms with Gasteiger partial charge in [-0.25, -0.2) is 4.39 Å². The monoisotopic (exact) mass is 329 g/mol. The SMILES string of the molecule is O=C(NCC1CC1)C1(F)CCCN(Cc2cccc3[nH]ccc23)C1.